The zero-order chi connectivity index (χ0) is 45.6. The number of hydrogen-bond acceptors (Lipinski definition) is 0. The van der Waals surface area contributed by atoms with Crippen molar-refractivity contribution in [2.45, 2.75) is 0 Å². The summed E-state index contributed by atoms with van der Waals surface area (Å²) >= 11 is 0. The van der Waals surface area contributed by atoms with Gasteiger partial charge in [0.2, 0.25) is 0 Å². The Labute approximate surface area is 404 Å². The van der Waals surface area contributed by atoms with Crippen molar-refractivity contribution in [2.75, 3.05) is 0 Å². The zero-order valence-corrected chi connectivity index (χ0v) is 38.1. The average molecular weight is 881 g/mol. The number of hydrogen-bond donors (Lipinski definition) is 0. The quantitative estimate of drug-likeness (QED) is 0.151. The molecule has 0 fully saturated rings. The smallest absolute Gasteiger partial charge is 0.000718 e. The summed E-state index contributed by atoms with van der Waals surface area (Å²) in [6, 6.07) is 91.6. The molecule has 16 rings (SSSR count). The summed E-state index contributed by atoms with van der Waals surface area (Å²) in [7, 11) is 0. The minimum Gasteiger partial charge on any atom is -0.0622 e. The average Bonchev–Trinajstić information content (AvgIpc) is 3.76. The third-order valence-corrected chi connectivity index (χ3v) is 15.8. The van der Waals surface area contributed by atoms with Crippen LogP contribution in [0.25, 0.3) is 164 Å². The standard InChI is InChI=1S/C70H40/c1-3-12-41(13-4-1)49-38-50(42-14-5-2-6-15-42)40-51(39-49)52-36-37-61-66-53(52)22-11-23-60(66)69-67(58-34-30-47-26-24-43-16-9-18-45-28-32-56(58)64(47)62(43)45)54-20-7-8-21-55(54)68(70(61)69)59-35-31-48-27-25-44-17-10-19-46-29-33-57(59)65(48)63(44)46/h1-40H. The highest BCUT2D eigenvalue weighted by molar-refractivity contribution is 6.34. The summed E-state index contributed by atoms with van der Waals surface area (Å²) in [5.74, 6) is 0. The van der Waals surface area contributed by atoms with Crippen LogP contribution in [0, 0.1) is 0 Å². The van der Waals surface area contributed by atoms with E-state index in [9.17, 15) is 0 Å². The second-order valence-electron chi connectivity index (χ2n) is 19.4. The van der Waals surface area contributed by atoms with Crippen LogP contribution in [0.4, 0.5) is 0 Å². The van der Waals surface area contributed by atoms with Gasteiger partial charge in [0.15, 0.2) is 0 Å². The summed E-state index contributed by atoms with van der Waals surface area (Å²) in [6.45, 7) is 0. The van der Waals surface area contributed by atoms with Gasteiger partial charge >= 0.3 is 0 Å². The minimum absolute atomic E-state index is 1.21. The van der Waals surface area contributed by atoms with Gasteiger partial charge in [0, 0.05) is 0 Å². The Kier molecular flexibility index (Phi) is 7.70. The van der Waals surface area contributed by atoms with Crippen LogP contribution in [0.1, 0.15) is 0 Å². The number of fused-ring (bicyclic) bond motifs is 4. The lowest BCUT2D eigenvalue weighted by atomic mass is 9.79. The van der Waals surface area contributed by atoms with Crippen molar-refractivity contribution >= 4 is 86.2 Å². The zero-order valence-electron chi connectivity index (χ0n) is 38.1. The molecular formula is C70H40. The predicted octanol–water partition coefficient (Wildman–Crippen LogP) is 19.8. The second-order valence-corrected chi connectivity index (χ2v) is 19.4. The molecule has 0 amide bonds. The fourth-order valence-electron chi connectivity index (χ4n) is 12.9. The van der Waals surface area contributed by atoms with Crippen molar-refractivity contribution in [3.63, 3.8) is 0 Å². The molecule has 15 aromatic rings. The molecule has 1 aliphatic carbocycles. The Morgan fingerprint density at radius 1 is 0.157 bits per heavy atom. The van der Waals surface area contributed by atoms with Gasteiger partial charge in [-0.3, -0.25) is 0 Å². The Bertz CT molecular complexity index is 4380. The van der Waals surface area contributed by atoms with Gasteiger partial charge in [-0.15, -0.1) is 0 Å². The fourth-order valence-corrected chi connectivity index (χ4v) is 12.9. The van der Waals surface area contributed by atoms with E-state index in [-0.39, 0.29) is 0 Å². The van der Waals surface area contributed by atoms with Crippen LogP contribution in [0.15, 0.2) is 243 Å². The molecule has 0 atom stereocenters. The molecule has 70 heavy (non-hydrogen) atoms. The summed E-state index contributed by atoms with van der Waals surface area (Å²) in [4.78, 5) is 0. The van der Waals surface area contributed by atoms with Gasteiger partial charge in [-0.05, 0) is 182 Å². The predicted molar refractivity (Wildman–Crippen MR) is 300 cm³/mol. The fraction of sp³-hybridized carbons (Fsp3) is 0. The molecule has 0 nitrogen and oxygen atoms in total. The molecule has 0 aliphatic heterocycles. The van der Waals surface area contributed by atoms with Crippen LogP contribution < -0.4 is 0 Å². The molecule has 0 aromatic heterocycles. The molecule has 0 bridgehead atoms. The lowest BCUT2D eigenvalue weighted by Gasteiger charge is -2.23. The maximum Gasteiger partial charge on any atom is -0.000718 e. The summed E-state index contributed by atoms with van der Waals surface area (Å²) in [6.07, 6.45) is 0. The van der Waals surface area contributed by atoms with Gasteiger partial charge in [0.25, 0.3) is 0 Å². The van der Waals surface area contributed by atoms with Gasteiger partial charge in [0.05, 0.1) is 0 Å². The highest BCUT2D eigenvalue weighted by atomic mass is 14.3. The van der Waals surface area contributed by atoms with Gasteiger partial charge in [-0.25, -0.2) is 0 Å². The topological polar surface area (TPSA) is 0 Å². The number of benzene rings is 15. The third kappa shape index (κ3) is 5.20. The Morgan fingerprint density at radius 2 is 0.514 bits per heavy atom. The first-order valence-electron chi connectivity index (χ1n) is 24.5. The lowest BCUT2D eigenvalue weighted by molar-refractivity contribution is 1.58. The van der Waals surface area contributed by atoms with Crippen molar-refractivity contribution in [1.82, 2.24) is 0 Å². The molecule has 15 aromatic carbocycles. The largest absolute Gasteiger partial charge is 0.0622 e. The summed E-state index contributed by atoms with van der Waals surface area (Å²) < 4.78 is 0. The molecule has 0 radical (unpaired) electrons. The molecule has 0 spiro atoms. The Morgan fingerprint density at radius 3 is 1.03 bits per heavy atom. The minimum atomic E-state index is 1.21. The molecule has 0 N–H and O–H groups in total. The van der Waals surface area contributed by atoms with E-state index in [1.165, 1.54) is 164 Å². The van der Waals surface area contributed by atoms with Crippen molar-refractivity contribution < 1.29 is 0 Å². The van der Waals surface area contributed by atoms with E-state index in [4.69, 9.17) is 0 Å². The molecule has 0 saturated heterocycles. The normalized spacial score (nSPS) is 12.3. The first-order chi connectivity index (χ1) is 34.7. The van der Waals surface area contributed by atoms with E-state index >= 15 is 0 Å². The first kappa shape index (κ1) is 37.9. The van der Waals surface area contributed by atoms with Gasteiger partial charge in [-0.1, -0.05) is 224 Å². The van der Waals surface area contributed by atoms with E-state index in [1.807, 2.05) is 0 Å². The Balaban J connectivity index is 1.05. The van der Waals surface area contributed by atoms with Crippen molar-refractivity contribution in [1.29, 1.82) is 0 Å². The van der Waals surface area contributed by atoms with Crippen molar-refractivity contribution in [2.24, 2.45) is 0 Å². The van der Waals surface area contributed by atoms with Crippen LogP contribution >= 0.6 is 0 Å². The summed E-state index contributed by atoms with van der Waals surface area (Å²) in [5, 5.41) is 20.7. The van der Waals surface area contributed by atoms with E-state index in [1.54, 1.807) is 0 Å². The van der Waals surface area contributed by atoms with Crippen LogP contribution in [-0.4, -0.2) is 0 Å². The SMILES string of the molecule is c1ccc(-c2cc(-c3ccccc3)cc(-c3ccc4c5c(cccc35)-c3c-4c(-c4ccc5ccc6cccc7ccc4c5c67)c4ccccc4c3-c3ccc4ccc5cccc6ccc3c4c56)c2)cc1. The second kappa shape index (κ2) is 14.2. The van der Waals surface area contributed by atoms with Gasteiger partial charge in [0.1, 0.15) is 0 Å². The molecule has 0 heterocycles. The molecule has 320 valence electrons. The van der Waals surface area contributed by atoms with Crippen LogP contribution in [0.5, 0.6) is 0 Å². The highest BCUT2D eigenvalue weighted by Crippen LogP contribution is 2.60. The number of rotatable bonds is 5. The molecule has 1 aliphatic rings. The maximum absolute atomic E-state index is 2.45. The Hall–Kier alpha value is -9.10. The van der Waals surface area contributed by atoms with Crippen LogP contribution in [0.3, 0.4) is 0 Å². The third-order valence-electron chi connectivity index (χ3n) is 15.8. The maximum atomic E-state index is 2.45. The van der Waals surface area contributed by atoms with Crippen LogP contribution in [0.2, 0.25) is 0 Å². The van der Waals surface area contributed by atoms with Gasteiger partial charge < -0.3 is 0 Å². The first-order valence-corrected chi connectivity index (χ1v) is 24.5. The molecular weight excluding hydrogens is 841 g/mol. The molecule has 0 saturated carbocycles. The van der Waals surface area contributed by atoms with Crippen molar-refractivity contribution in [3.05, 3.63) is 243 Å². The monoisotopic (exact) mass is 880 g/mol. The van der Waals surface area contributed by atoms with Crippen LogP contribution in [-0.2, 0) is 0 Å². The lowest BCUT2D eigenvalue weighted by Crippen LogP contribution is -1.96. The van der Waals surface area contributed by atoms with E-state index in [0.717, 1.165) is 0 Å². The van der Waals surface area contributed by atoms with Gasteiger partial charge in [-0.2, -0.15) is 0 Å². The molecule has 0 heteroatoms. The molecule has 0 unspecified atom stereocenters. The summed E-state index contributed by atoms with van der Waals surface area (Å²) in [5.41, 5.74) is 17.6. The van der Waals surface area contributed by atoms with E-state index in [2.05, 4.69) is 243 Å². The van der Waals surface area contributed by atoms with Crippen molar-refractivity contribution in [3.8, 4) is 77.9 Å². The van der Waals surface area contributed by atoms with E-state index in [0.29, 0.717) is 0 Å². The highest BCUT2D eigenvalue weighted by Gasteiger charge is 2.33. The van der Waals surface area contributed by atoms with E-state index < -0.39 is 0 Å².